The van der Waals surface area contributed by atoms with Crippen molar-refractivity contribution in [2.45, 2.75) is 45.6 Å². The van der Waals surface area contributed by atoms with Crippen molar-refractivity contribution >= 4 is 22.6 Å². The number of fused-ring (bicyclic) bond motifs is 1. The van der Waals surface area contributed by atoms with Crippen LogP contribution in [0.15, 0.2) is 41.5 Å². The average Bonchev–Trinajstić information content (AvgIpc) is 2.90. The highest BCUT2D eigenvalue weighted by atomic mass is 19.4. The van der Waals surface area contributed by atoms with Crippen molar-refractivity contribution < 1.29 is 22.7 Å². The summed E-state index contributed by atoms with van der Waals surface area (Å²) < 4.78 is 48.1. The summed E-state index contributed by atoms with van der Waals surface area (Å²) in [7, 11) is 0. The zero-order valence-electron chi connectivity index (χ0n) is 22.2. The molecule has 2 aliphatic rings. The van der Waals surface area contributed by atoms with Crippen LogP contribution in [0, 0.1) is 6.92 Å². The van der Waals surface area contributed by atoms with Gasteiger partial charge in [0.1, 0.15) is 11.1 Å². The van der Waals surface area contributed by atoms with E-state index in [-0.39, 0.29) is 35.3 Å². The molecule has 4 heterocycles. The lowest BCUT2D eigenvalue weighted by Gasteiger charge is -2.39. The van der Waals surface area contributed by atoms with Gasteiger partial charge in [0.15, 0.2) is 0 Å². The third-order valence-corrected chi connectivity index (χ3v) is 7.67. The molecule has 1 amide bonds. The van der Waals surface area contributed by atoms with E-state index in [1.165, 1.54) is 19.2 Å². The van der Waals surface area contributed by atoms with Gasteiger partial charge in [0.05, 0.1) is 36.2 Å². The van der Waals surface area contributed by atoms with Crippen LogP contribution in [-0.4, -0.2) is 71.8 Å². The second kappa shape index (κ2) is 10.6. The lowest BCUT2D eigenvalue weighted by Crippen LogP contribution is -2.57. The Bertz CT molecular complexity index is 1440. The molecule has 2 aromatic heterocycles. The Morgan fingerprint density at radius 2 is 1.85 bits per heavy atom. The van der Waals surface area contributed by atoms with Crippen molar-refractivity contribution in [3.8, 4) is 0 Å². The number of aromatic nitrogens is 2. The maximum atomic E-state index is 13.7. The van der Waals surface area contributed by atoms with Crippen LogP contribution in [0.25, 0.3) is 11.0 Å². The van der Waals surface area contributed by atoms with Gasteiger partial charge in [0.2, 0.25) is 5.43 Å². The molecule has 208 valence electrons. The number of hydrogen-bond donors (Lipinski definition) is 1. The van der Waals surface area contributed by atoms with Crippen LogP contribution in [0.3, 0.4) is 0 Å². The molecule has 3 aromatic rings. The molecule has 2 fully saturated rings. The number of nitrogens with zero attached hydrogens (tertiary/aromatic N) is 4. The van der Waals surface area contributed by atoms with Gasteiger partial charge in [-0.15, -0.1) is 0 Å². The number of pyridine rings is 2. The number of alkyl halides is 3. The molecule has 0 unspecified atom stereocenters. The molecule has 0 saturated carbocycles. The van der Waals surface area contributed by atoms with Crippen molar-refractivity contribution in [2.24, 2.45) is 0 Å². The molecule has 2 saturated heterocycles. The molecule has 1 N–H and O–H groups in total. The third-order valence-electron chi connectivity index (χ3n) is 7.67. The summed E-state index contributed by atoms with van der Waals surface area (Å²) in [5, 5.41) is 3.27. The molecule has 5 rings (SSSR count). The molecule has 2 aliphatic heterocycles. The van der Waals surface area contributed by atoms with Crippen molar-refractivity contribution in [2.75, 3.05) is 44.3 Å². The van der Waals surface area contributed by atoms with Gasteiger partial charge in [-0.25, -0.2) is 4.98 Å². The summed E-state index contributed by atoms with van der Waals surface area (Å²) in [6.07, 6.45) is -1.40. The summed E-state index contributed by atoms with van der Waals surface area (Å²) in [5.74, 6) is -0.406. The van der Waals surface area contributed by atoms with Gasteiger partial charge >= 0.3 is 6.18 Å². The van der Waals surface area contributed by atoms with E-state index in [9.17, 15) is 22.8 Å². The number of carbonyl (C=O) groups excluding carboxylic acids is 1. The Morgan fingerprint density at radius 3 is 2.51 bits per heavy atom. The summed E-state index contributed by atoms with van der Waals surface area (Å²) in [5.41, 5.74) is 0.648. The van der Waals surface area contributed by atoms with Crippen molar-refractivity contribution in [3.05, 3.63) is 69.1 Å². The first-order chi connectivity index (χ1) is 18.6. The van der Waals surface area contributed by atoms with Gasteiger partial charge in [-0.05, 0) is 44.0 Å². The van der Waals surface area contributed by atoms with Crippen LogP contribution >= 0.6 is 0 Å². The van der Waals surface area contributed by atoms with E-state index in [0.717, 1.165) is 11.8 Å². The molecule has 8 nitrogen and oxygen atoms in total. The molecule has 0 spiro atoms. The lowest BCUT2D eigenvalue weighted by molar-refractivity contribution is -0.138. The molecule has 11 heteroatoms. The zero-order valence-corrected chi connectivity index (χ0v) is 22.2. The van der Waals surface area contributed by atoms with Gasteiger partial charge in [-0.1, -0.05) is 12.1 Å². The van der Waals surface area contributed by atoms with Crippen molar-refractivity contribution in [1.82, 2.24) is 19.8 Å². The highest BCUT2D eigenvalue weighted by molar-refractivity contribution is 5.97. The number of morpholine rings is 1. The van der Waals surface area contributed by atoms with E-state index in [1.54, 1.807) is 21.7 Å². The van der Waals surface area contributed by atoms with Gasteiger partial charge in [0, 0.05) is 51.0 Å². The molecule has 0 radical (unpaired) electrons. The second-order valence-electron chi connectivity index (χ2n) is 10.3. The van der Waals surface area contributed by atoms with Crippen LogP contribution in [-0.2, 0) is 17.5 Å². The van der Waals surface area contributed by atoms with Crippen LogP contribution < -0.4 is 15.6 Å². The first-order valence-electron chi connectivity index (χ1n) is 13.1. The number of ether oxygens (including phenoxy) is 1. The number of piperazine rings is 1. The van der Waals surface area contributed by atoms with E-state index in [0.29, 0.717) is 50.5 Å². The number of nitrogens with one attached hydrogen (secondary N) is 1. The molecule has 0 bridgehead atoms. The summed E-state index contributed by atoms with van der Waals surface area (Å²) in [6, 6.07) is 5.63. The fraction of sp³-hybridized carbons (Fsp3) is 0.464. The van der Waals surface area contributed by atoms with Crippen molar-refractivity contribution in [1.29, 1.82) is 0 Å². The van der Waals surface area contributed by atoms with E-state index < -0.39 is 23.1 Å². The Hall–Kier alpha value is -3.44. The third kappa shape index (κ3) is 5.25. The van der Waals surface area contributed by atoms with Crippen molar-refractivity contribution in [3.63, 3.8) is 0 Å². The summed E-state index contributed by atoms with van der Waals surface area (Å²) in [6.45, 7) is 8.93. The molecule has 1 aromatic carbocycles. The van der Waals surface area contributed by atoms with Gasteiger partial charge in [0.25, 0.3) is 5.91 Å². The normalized spacial score (nSPS) is 20.5. The molecular weight excluding hydrogens is 511 g/mol. The number of rotatable bonds is 4. The van der Waals surface area contributed by atoms with Gasteiger partial charge < -0.3 is 24.4 Å². The quantitative estimate of drug-likeness (QED) is 0.543. The SMILES string of the molecule is Cc1c(Cn2cc(C(=O)N3[C@H](C)CNC[C@@H]3C)c(=O)c3ncc(N4CCOCC4)cc32)cccc1C(F)(F)F. The molecule has 39 heavy (non-hydrogen) atoms. The van der Waals surface area contributed by atoms with E-state index in [1.807, 2.05) is 19.9 Å². The van der Waals surface area contributed by atoms with Crippen LogP contribution in [0.2, 0.25) is 0 Å². The predicted molar refractivity (Wildman–Crippen MR) is 142 cm³/mol. The minimum Gasteiger partial charge on any atom is -0.378 e. The predicted octanol–water partition coefficient (Wildman–Crippen LogP) is 3.43. The summed E-state index contributed by atoms with van der Waals surface area (Å²) in [4.78, 5) is 35.7. The molecular formula is C28H32F3N5O3. The number of benzene rings is 1. The summed E-state index contributed by atoms with van der Waals surface area (Å²) >= 11 is 0. The minimum atomic E-state index is -4.49. The zero-order chi connectivity index (χ0) is 27.9. The highest BCUT2D eigenvalue weighted by Gasteiger charge is 2.34. The monoisotopic (exact) mass is 543 g/mol. The van der Waals surface area contributed by atoms with E-state index in [2.05, 4.69) is 15.2 Å². The standard InChI is InChI=1S/C28H32F3N5O3/c1-17-12-32-13-18(2)36(17)27(38)22-16-35(15-20-5-4-6-23(19(20)3)28(29,30)31)24-11-21(14-33-25(24)26(22)37)34-7-9-39-10-8-34/h4-6,11,14,16-18,32H,7-10,12-13,15H2,1-3H3/t17-,18+. The maximum Gasteiger partial charge on any atom is 0.416 e. The Labute approximate surface area is 224 Å². The van der Waals surface area contributed by atoms with Gasteiger partial charge in [-0.2, -0.15) is 13.2 Å². The topological polar surface area (TPSA) is 79.7 Å². The second-order valence-corrected chi connectivity index (χ2v) is 10.3. The lowest BCUT2D eigenvalue weighted by atomic mass is 10.0. The van der Waals surface area contributed by atoms with Gasteiger partial charge in [-0.3, -0.25) is 9.59 Å². The smallest absolute Gasteiger partial charge is 0.378 e. The van der Waals surface area contributed by atoms with Crippen LogP contribution in [0.1, 0.15) is 40.9 Å². The van der Waals surface area contributed by atoms with E-state index >= 15 is 0 Å². The van der Waals surface area contributed by atoms with Crippen LogP contribution in [0.5, 0.6) is 0 Å². The fourth-order valence-corrected chi connectivity index (χ4v) is 5.54. The average molecular weight is 544 g/mol. The fourth-order valence-electron chi connectivity index (χ4n) is 5.54. The molecule has 2 atom stereocenters. The number of hydrogen-bond acceptors (Lipinski definition) is 6. The first-order valence-corrected chi connectivity index (χ1v) is 13.1. The first kappa shape index (κ1) is 27.1. The Kier molecular flexibility index (Phi) is 7.39. The Morgan fingerprint density at radius 1 is 1.15 bits per heavy atom. The molecule has 0 aliphatic carbocycles. The largest absolute Gasteiger partial charge is 0.416 e. The maximum absolute atomic E-state index is 13.7. The highest BCUT2D eigenvalue weighted by Crippen LogP contribution is 2.33. The van der Waals surface area contributed by atoms with Crippen LogP contribution in [0.4, 0.5) is 18.9 Å². The Balaban J connectivity index is 1.66. The minimum absolute atomic E-state index is 0.0354. The number of anilines is 1. The number of carbonyl (C=O) groups is 1. The number of amides is 1. The van der Waals surface area contributed by atoms with E-state index in [4.69, 9.17) is 4.74 Å². The number of halogens is 3.